The van der Waals surface area contributed by atoms with Gasteiger partial charge in [-0.2, -0.15) is 0 Å². The second-order valence-corrected chi connectivity index (χ2v) is 11.1. The number of nitrogens with two attached hydrogens (primary N) is 1. The summed E-state index contributed by atoms with van der Waals surface area (Å²) in [5.74, 6) is -4.14. The third-order valence-electron chi connectivity index (χ3n) is 6.46. The van der Waals surface area contributed by atoms with E-state index in [1.165, 1.54) is 17.2 Å². The molecule has 2 heterocycles. The molecule has 2 fully saturated rings. The lowest BCUT2D eigenvalue weighted by Gasteiger charge is -2.42. The lowest BCUT2D eigenvalue weighted by molar-refractivity contribution is -0.129. The van der Waals surface area contributed by atoms with Crippen LogP contribution in [0, 0.1) is 17.6 Å². The molecule has 2 atom stereocenters. The molecule has 1 aliphatic carbocycles. The molecule has 11 heteroatoms. The van der Waals surface area contributed by atoms with E-state index < -0.39 is 44.7 Å². The van der Waals surface area contributed by atoms with Crippen molar-refractivity contribution in [2.24, 2.45) is 11.7 Å². The molecule has 1 saturated carbocycles. The standard InChI is InChI=1S/C22H22ClF2N3O4S/c1-33(31,32)14-7-13(10-27-11-14)20(29)28-6-2-5-22(28,21(26)30)19(12-3-4-12)15-8-18(25)16(23)9-17(15)24/h7-12,19H,2-6H2,1H3,(H2,26,30)/t19-,22+/m1/s1. The van der Waals surface area contributed by atoms with Crippen molar-refractivity contribution >= 4 is 33.3 Å². The van der Waals surface area contributed by atoms with Crippen LogP contribution < -0.4 is 5.73 Å². The molecule has 2 N–H and O–H groups in total. The van der Waals surface area contributed by atoms with Gasteiger partial charge in [0.05, 0.1) is 15.5 Å². The molecule has 1 aromatic carbocycles. The number of sulfone groups is 1. The van der Waals surface area contributed by atoms with Gasteiger partial charge >= 0.3 is 0 Å². The van der Waals surface area contributed by atoms with Gasteiger partial charge in [-0.1, -0.05) is 11.6 Å². The fourth-order valence-corrected chi connectivity index (χ4v) is 5.60. The van der Waals surface area contributed by atoms with Gasteiger partial charge in [-0.15, -0.1) is 0 Å². The van der Waals surface area contributed by atoms with Crippen molar-refractivity contribution in [1.82, 2.24) is 9.88 Å². The first kappa shape index (κ1) is 23.6. The number of primary amides is 1. The molecule has 1 saturated heterocycles. The van der Waals surface area contributed by atoms with Crippen molar-refractivity contribution in [2.75, 3.05) is 12.8 Å². The minimum absolute atomic E-state index is 0.0391. The van der Waals surface area contributed by atoms with Crippen LogP contribution in [0.3, 0.4) is 0 Å². The molecule has 33 heavy (non-hydrogen) atoms. The normalized spacial score (nSPS) is 21.8. The molecule has 7 nitrogen and oxygen atoms in total. The Bertz CT molecular complexity index is 1250. The second kappa shape index (κ2) is 8.32. The number of hydrogen-bond acceptors (Lipinski definition) is 5. The number of hydrogen-bond donors (Lipinski definition) is 1. The van der Waals surface area contributed by atoms with Crippen LogP contribution in [0.5, 0.6) is 0 Å². The van der Waals surface area contributed by atoms with E-state index in [0.29, 0.717) is 19.3 Å². The molecular formula is C22H22ClF2N3O4S. The first-order valence-corrected chi connectivity index (χ1v) is 12.6. The smallest absolute Gasteiger partial charge is 0.256 e. The molecule has 0 bridgehead atoms. The fraction of sp³-hybridized carbons (Fsp3) is 0.409. The Morgan fingerprint density at radius 2 is 1.91 bits per heavy atom. The van der Waals surface area contributed by atoms with Gasteiger partial charge in [0.25, 0.3) is 5.91 Å². The van der Waals surface area contributed by atoms with Crippen LogP contribution in [0.25, 0.3) is 0 Å². The highest BCUT2D eigenvalue weighted by Crippen LogP contribution is 2.54. The molecule has 1 aromatic heterocycles. The molecule has 2 amide bonds. The Labute approximate surface area is 194 Å². The maximum absolute atomic E-state index is 15.0. The number of rotatable bonds is 6. The number of benzene rings is 1. The quantitative estimate of drug-likeness (QED) is 0.617. The lowest BCUT2D eigenvalue weighted by Crippen LogP contribution is -2.60. The van der Waals surface area contributed by atoms with Crippen LogP contribution in [0.2, 0.25) is 5.02 Å². The van der Waals surface area contributed by atoms with Gasteiger partial charge in [0.15, 0.2) is 9.84 Å². The SMILES string of the molecule is CS(=O)(=O)c1cncc(C(=O)N2CCC[C@@]2(C(N)=O)[C@@H](c2cc(F)c(Cl)cc2F)C2CC2)c1. The molecule has 0 unspecified atom stereocenters. The minimum atomic E-state index is -3.63. The van der Waals surface area contributed by atoms with Crippen molar-refractivity contribution in [2.45, 2.75) is 42.0 Å². The Morgan fingerprint density at radius 3 is 2.52 bits per heavy atom. The Morgan fingerprint density at radius 1 is 1.21 bits per heavy atom. The number of likely N-dealkylation sites (tertiary alicyclic amines) is 1. The van der Waals surface area contributed by atoms with Crippen molar-refractivity contribution in [3.8, 4) is 0 Å². The number of amides is 2. The van der Waals surface area contributed by atoms with E-state index in [2.05, 4.69) is 4.98 Å². The number of nitrogens with zero attached hydrogens (tertiary/aromatic N) is 2. The average Bonchev–Trinajstić information content (AvgIpc) is 3.48. The number of carbonyl (C=O) groups excluding carboxylic acids is 2. The van der Waals surface area contributed by atoms with Crippen LogP contribution in [0.15, 0.2) is 35.5 Å². The summed E-state index contributed by atoms with van der Waals surface area (Å²) in [4.78, 5) is 31.5. The molecule has 0 spiro atoms. The summed E-state index contributed by atoms with van der Waals surface area (Å²) < 4.78 is 53.2. The van der Waals surface area contributed by atoms with E-state index in [0.717, 1.165) is 24.6 Å². The molecule has 1 aliphatic heterocycles. The third kappa shape index (κ3) is 4.10. The second-order valence-electron chi connectivity index (χ2n) is 8.63. The fourth-order valence-electron chi connectivity index (χ4n) is 4.86. The summed E-state index contributed by atoms with van der Waals surface area (Å²) >= 11 is 5.73. The van der Waals surface area contributed by atoms with Gasteiger partial charge in [-0.05, 0) is 55.4 Å². The summed E-state index contributed by atoms with van der Waals surface area (Å²) in [5.41, 5.74) is 4.17. The zero-order valence-corrected chi connectivity index (χ0v) is 19.3. The van der Waals surface area contributed by atoms with E-state index >= 15 is 4.39 Å². The molecule has 0 radical (unpaired) electrons. The maximum Gasteiger partial charge on any atom is 0.256 e. The van der Waals surface area contributed by atoms with E-state index in [9.17, 15) is 22.4 Å². The van der Waals surface area contributed by atoms with Gasteiger partial charge in [-0.3, -0.25) is 14.6 Å². The van der Waals surface area contributed by atoms with E-state index in [1.807, 2.05) is 0 Å². The molecule has 4 rings (SSSR count). The van der Waals surface area contributed by atoms with Gasteiger partial charge in [-0.25, -0.2) is 17.2 Å². The molecule has 176 valence electrons. The lowest BCUT2D eigenvalue weighted by atomic mass is 9.73. The maximum atomic E-state index is 15.0. The van der Waals surface area contributed by atoms with E-state index in [1.54, 1.807) is 0 Å². The highest BCUT2D eigenvalue weighted by molar-refractivity contribution is 7.90. The predicted molar refractivity (Wildman–Crippen MR) is 116 cm³/mol. The monoisotopic (exact) mass is 497 g/mol. The third-order valence-corrected chi connectivity index (χ3v) is 7.83. The van der Waals surface area contributed by atoms with Crippen LogP contribution in [0.1, 0.15) is 47.5 Å². The summed E-state index contributed by atoms with van der Waals surface area (Å²) in [6.07, 6.45) is 5.22. The average molecular weight is 498 g/mol. The van der Waals surface area contributed by atoms with Crippen LogP contribution >= 0.6 is 11.6 Å². The Kier molecular flexibility index (Phi) is 5.94. The Hall–Kier alpha value is -2.59. The first-order chi connectivity index (χ1) is 15.5. The number of carbonyl (C=O) groups is 2. The topological polar surface area (TPSA) is 110 Å². The van der Waals surface area contributed by atoms with Gasteiger partial charge < -0.3 is 10.6 Å². The van der Waals surface area contributed by atoms with Crippen molar-refractivity contribution in [1.29, 1.82) is 0 Å². The van der Waals surface area contributed by atoms with Gasteiger partial charge in [0.2, 0.25) is 5.91 Å². The summed E-state index contributed by atoms with van der Waals surface area (Å²) in [6, 6.07) is 3.01. The largest absolute Gasteiger partial charge is 0.368 e. The minimum Gasteiger partial charge on any atom is -0.368 e. The Balaban J connectivity index is 1.84. The van der Waals surface area contributed by atoms with Crippen LogP contribution in [0.4, 0.5) is 8.78 Å². The van der Waals surface area contributed by atoms with Crippen molar-refractivity contribution in [3.05, 3.63) is 58.4 Å². The van der Waals surface area contributed by atoms with Crippen LogP contribution in [-0.4, -0.2) is 48.5 Å². The van der Waals surface area contributed by atoms with Crippen LogP contribution in [-0.2, 0) is 14.6 Å². The molecule has 2 aliphatic rings. The van der Waals surface area contributed by atoms with Crippen molar-refractivity contribution < 1.29 is 26.8 Å². The summed E-state index contributed by atoms with van der Waals surface area (Å²) in [7, 11) is -3.63. The number of aromatic nitrogens is 1. The summed E-state index contributed by atoms with van der Waals surface area (Å²) in [6.45, 7) is 0.145. The molecule has 2 aromatic rings. The molecular weight excluding hydrogens is 476 g/mol. The number of pyridine rings is 1. The highest BCUT2D eigenvalue weighted by Gasteiger charge is 2.59. The van der Waals surface area contributed by atoms with Gasteiger partial charge in [0.1, 0.15) is 17.2 Å². The van der Waals surface area contributed by atoms with E-state index in [-0.39, 0.29) is 39.9 Å². The highest BCUT2D eigenvalue weighted by atomic mass is 35.5. The van der Waals surface area contributed by atoms with Gasteiger partial charge in [0, 0.05) is 31.1 Å². The first-order valence-electron chi connectivity index (χ1n) is 10.4. The van der Waals surface area contributed by atoms with E-state index in [4.69, 9.17) is 17.3 Å². The van der Waals surface area contributed by atoms with Crippen molar-refractivity contribution in [3.63, 3.8) is 0 Å². The summed E-state index contributed by atoms with van der Waals surface area (Å²) in [5, 5.41) is -0.387. The zero-order valence-electron chi connectivity index (χ0n) is 17.7. The zero-order chi connectivity index (χ0) is 24.1. The number of halogens is 3. The predicted octanol–water partition coefficient (Wildman–Crippen LogP) is 3.07.